The van der Waals surface area contributed by atoms with Crippen LogP contribution in [0.2, 0.25) is 0 Å². The van der Waals surface area contributed by atoms with Crippen molar-refractivity contribution in [2.24, 2.45) is 0 Å². The highest BCUT2D eigenvalue weighted by molar-refractivity contribution is 5.33. The summed E-state index contributed by atoms with van der Waals surface area (Å²) in [7, 11) is 0. The topological polar surface area (TPSA) is 83.6 Å². The predicted octanol–water partition coefficient (Wildman–Crippen LogP) is 2.68. The summed E-state index contributed by atoms with van der Waals surface area (Å²) < 4.78 is 37.4. The van der Waals surface area contributed by atoms with E-state index in [1.165, 1.54) is 12.1 Å². The first-order chi connectivity index (χ1) is 10.4. The van der Waals surface area contributed by atoms with Crippen LogP contribution in [-0.4, -0.2) is 15.1 Å². The molecule has 0 spiro atoms. The Bertz CT molecular complexity index is 665. The molecule has 0 fully saturated rings. The van der Waals surface area contributed by atoms with Gasteiger partial charge in [0.1, 0.15) is 17.5 Å². The minimum absolute atomic E-state index is 0.0561. The molecule has 2 N–H and O–H groups in total. The lowest BCUT2D eigenvalue weighted by Gasteiger charge is -1.97. The number of halogens is 3. The molecule has 0 heterocycles. The SMILES string of the molecule is O=[N+]([O-])c1ccc(CO)c(F)c1.OCc1ccc(F)cc1F. The highest BCUT2D eigenvalue weighted by atomic mass is 19.1. The number of nitro groups is 1. The number of hydrogen-bond donors (Lipinski definition) is 2. The molecule has 0 aliphatic rings. The number of aliphatic hydroxyl groups is 2. The van der Waals surface area contributed by atoms with Crippen LogP contribution >= 0.6 is 0 Å². The van der Waals surface area contributed by atoms with E-state index in [0.717, 1.165) is 24.3 Å². The van der Waals surface area contributed by atoms with E-state index in [1.807, 2.05) is 0 Å². The zero-order valence-corrected chi connectivity index (χ0v) is 11.2. The molecule has 8 heteroatoms. The average molecular weight is 315 g/mol. The Hall–Kier alpha value is -2.45. The van der Waals surface area contributed by atoms with Gasteiger partial charge in [0.2, 0.25) is 0 Å². The van der Waals surface area contributed by atoms with Crippen molar-refractivity contribution in [3.63, 3.8) is 0 Å². The first kappa shape index (κ1) is 17.6. The van der Waals surface area contributed by atoms with Crippen molar-refractivity contribution in [3.05, 3.63) is 75.1 Å². The lowest BCUT2D eigenvalue weighted by atomic mass is 10.2. The molecule has 5 nitrogen and oxygen atoms in total. The lowest BCUT2D eigenvalue weighted by Crippen LogP contribution is -1.93. The summed E-state index contributed by atoms with van der Waals surface area (Å²) in [5, 5.41) is 27.1. The molecule has 0 atom stereocenters. The van der Waals surface area contributed by atoms with Gasteiger partial charge in [-0.2, -0.15) is 0 Å². The standard InChI is InChI=1S/C7H6F2O.C7H6FNO3/c8-6-2-1-5(4-10)7(9)3-6;8-7-3-6(9(11)12)2-1-5(7)4-10/h1-3,10H,4H2;1-3,10H,4H2. The van der Waals surface area contributed by atoms with Crippen molar-refractivity contribution in [2.45, 2.75) is 13.2 Å². The van der Waals surface area contributed by atoms with Gasteiger partial charge in [-0.25, -0.2) is 13.2 Å². The third-order valence-electron chi connectivity index (χ3n) is 2.60. The number of rotatable bonds is 3. The minimum Gasteiger partial charge on any atom is -0.392 e. The number of aliphatic hydroxyl groups excluding tert-OH is 2. The summed E-state index contributed by atoms with van der Waals surface area (Å²) in [4.78, 5) is 9.44. The molecular weight excluding hydrogens is 303 g/mol. The van der Waals surface area contributed by atoms with Crippen molar-refractivity contribution < 1.29 is 28.3 Å². The molecule has 0 radical (unpaired) electrons. The van der Waals surface area contributed by atoms with Crippen LogP contribution < -0.4 is 0 Å². The van der Waals surface area contributed by atoms with Crippen molar-refractivity contribution >= 4 is 5.69 Å². The Labute approximate surface area is 123 Å². The summed E-state index contributed by atoms with van der Waals surface area (Å²) in [5.41, 5.74) is -0.147. The normalized spacial score (nSPS) is 9.86. The Morgan fingerprint density at radius 1 is 0.909 bits per heavy atom. The molecule has 0 aromatic heterocycles. The van der Waals surface area contributed by atoms with E-state index in [1.54, 1.807) is 0 Å². The molecule has 2 rings (SSSR count). The minimum atomic E-state index is -0.758. The Kier molecular flexibility index (Phi) is 6.48. The number of hydrogen-bond acceptors (Lipinski definition) is 4. The molecule has 0 aliphatic carbocycles. The van der Waals surface area contributed by atoms with Crippen molar-refractivity contribution in [1.29, 1.82) is 0 Å². The molecule has 0 amide bonds. The number of non-ortho nitro benzene ring substituents is 1. The molecule has 2 aromatic carbocycles. The van der Waals surface area contributed by atoms with Gasteiger partial charge in [-0.05, 0) is 12.1 Å². The van der Waals surface area contributed by atoms with E-state index in [-0.39, 0.29) is 16.8 Å². The van der Waals surface area contributed by atoms with Gasteiger partial charge in [0.15, 0.2) is 0 Å². The third kappa shape index (κ3) is 4.83. The summed E-state index contributed by atoms with van der Waals surface area (Å²) in [5.74, 6) is -2.09. The number of benzene rings is 2. The molecule has 0 unspecified atom stereocenters. The fourth-order valence-electron chi connectivity index (χ4n) is 1.43. The van der Waals surface area contributed by atoms with Crippen LogP contribution in [0.15, 0.2) is 36.4 Å². The van der Waals surface area contributed by atoms with Crippen molar-refractivity contribution in [1.82, 2.24) is 0 Å². The number of nitrogens with zero attached hydrogens (tertiary/aromatic N) is 1. The highest BCUT2D eigenvalue weighted by Crippen LogP contribution is 2.16. The number of nitro benzene ring substituents is 1. The summed E-state index contributed by atoms with van der Waals surface area (Å²) in [6.07, 6.45) is 0. The van der Waals surface area contributed by atoms with Gasteiger partial charge in [0.25, 0.3) is 5.69 Å². The second-order valence-corrected chi connectivity index (χ2v) is 4.08. The second-order valence-electron chi connectivity index (χ2n) is 4.08. The van der Waals surface area contributed by atoms with Crippen LogP contribution in [0.25, 0.3) is 0 Å². The molecular formula is C14H12F3NO4. The molecule has 2 aromatic rings. The van der Waals surface area contributed by atoms with E-state index in [2.05, 4.69) is 0 Å². The maximum atomic E-state index is 12.7. The first-order valence-corrected chi connectivity index (χ1v) is 5.97. The maximum absolute atomic E-state index is 12.7. The van der Waals surface area contributed by atoms with Crippen molar-refractivity contribution in [2.75, 3.05) is 0 Å². The van der Waals surface area contributed by atoms with Gasteiger partial charge in [0.05, 0.1) is 24.2 Å². The van der Waals surface area contributed by atoms with Crippen LogP contribution in [-0.2, 0) is 13.2 Å². The van der Waals surface area contributed by atoms with Crippen LogP contribution in [0.3, 0.4) is 0 Å². The lowest BCUT2D eigenvalue weighted by molar-refractivity contribution is -0.385. The molecule has 0 bridgehead atoms. The van der Waals surface area contributed by atoms with E-state index in [4.69, 9.17) is 10.2 Å². The van der Waals surface area contributed by atoms with Crippen LogP contribution in [0, 0.1) is 27.6 Å². The average Bonchev–Trinajstić information content (AvgIpc) is 2.48. The van der Waals surface area contributed by atoms with Gasteiger partial charge in [0, 0.05) is 23.3 Å². The van der Waals surface area contributed by atoms with E-state index in [9.17, 15) is 23.3 Å². The van der Waals surface area contributed by atoms with Gasteiger partial charge in [-0.15, -0.1) is 0 Å². The molecule has 118 valence electrons. The van der Waals surface area contributed by atoms with E-state index < -0.39 is 35.6 Å². The van der Waals surface area contributed by atoms with Crippen LogP contribution in [0.5, 0.6) is 0 Å². The van der Waals surface area contributed by atoms with Gasteiger partial charge < -0.3 is 10.2 Å². The molecule has 0 saturated heterocycles. The van der Waals surface area contributed by atoms with Gasteiger partial charge in [-0.1, -0.05) is 6.07 Å². The molecule has 0 aliphatic heterocycles. The third-order valence-corrected chi connectivity index (χ3v) is 2.60. The van der Waals surface area contributed by atoms with Gasteiger partial charge >= 0.3 is 0 Å². The summed E-state index contributed by atoms with van der Waals surface area (Å²) in [6.45, 7) is -0.851. The Morgan fingerprint density at radius 3 is 1.82 bits per heavy atom. The monoisotopic (exact) mass is 315 g/mol. The van der Waals surface area contributed by atoms with Crippen LogP contribution in [0.1, 0.15) is 11.1 Å². The quantitative estimate of drug-likeness (QED) is 0.674. The first-order valence-electron chi connectivity index (χ1n) is 5.97. The maximum Gasteiger partial charge on any atom is 0.272 e. The van der Waals surface area contributed by atoms with E-state index in [0.29, 0.717) is 0 Å². The summed E-state index contributed by atoms with van der Waals surface area (Å²) in [6, 6.07) is 6.18. The zero-order chi connectivity index (χ0) is 16.7. The second kappa shape index (κ2) is 8.11. The fraction of sp³-hybridized carbons (Fsp3) is 0.143. The smallest absolute Gasteiger partial charge is 0.272 e. The zero-order valence-electron chi connectivity index (χ0n) is 11.2. The Morgan fingerprint density at radius 2 is 1.41 bits per heavy atom. The van der Waals surface area contributed by atoms with Crippen molar-refractivity contribution in [3.8, 4) is 0 Å². The molecule has 0 saturated carbocycles. The summed E-state index contributed by atoms with van der Waals surface area (Å²) >= 11 is 0. The highest BCUT2D eigenvalue weighted by Gasteiger charge is 2.09. The predicted molar refractivity (Wildman–Crippen MR) is 71.3 cm³/mol. The van der Waals surface area contributed by atoms with E-state index >= 15 is 0 Å². The largest absolute Gasteiger partial charge is 0.392 e. The van der Waals surface area contributed by atoms with Gasteiger partial charge in [-0.3, -0.25) is 10.1 Å². The van der Waals surface area contributed by atoms with Crippen LogP contribution in [0.4, 0.5) is 18.9 Å². The Balaban J connectivity index is 0.000000224. The fourth-order valence-corrected chi connectivity index (χ4v) is 1.43. The molecule has 22 heavy (non-hydrogen) atoms.